The molecule has 7 nitrogen and oxygen atoms in total. The lowest BCUT2D eigenvalue weighted by molar-refractivity contribution is -0.132. The van der Waals surface area contributed by atoms with E-state index in [1.807, 2.05) is 38.1 Å². The molecule has 1 aliphatic heterocycles. The third-order valence-corrected chi connectivity index (χ3v) is 5.72. The molecule has 1 N–H and O–H groups in total. The highest BCUT2D eigenvalue weighted by Crippen LogP contribution is 2.29. The Bertz CT molecular complexity index is 998. The number of benzene rings is 2. The number of nitrogens with one attached hydrogen (secondary N) is 1. The molecule has 0 saturated carbocycles. The Balaban J connectivity index is 1.67. The summed E-state index contributed by atoms with van der Waals surface area (Å²) in [4.78, 5) is 42.5. The van der Waals surface area contributed by atoms with Gasteiger partial charge >= 0.3 is 6.03 Å². The van der Waals surface area contributed by atoms with Crippen LogP contribution in [0.5, 0.6) is 0 Å². The van der Waals surface area contributed by atoms with E-state index in [0.717, 1.165) is 11.3 Å². The minimum absolute atomic E-state index is 0.0194. The van der Waals surface area contributed by atoms with Gasteiger partial charge in [-0.05, 0) is 43.2 Å². The van der Waals surface area contributed by atoms with E-state index in [2.05, 4.69) is 5.32 Å². The summed E-state index contributed by atoms with van der Waals surface area (Å²) in [7, 11) is 0. The highest BCUT2D eigenvalue weighted by atomic mass is 35.5. The standard InChI is InChI=1S/C22H24Cl2N4O3/c1-3-10-26(22(31)25-18-9-5-8-17(23)21(18)24)12-19(29)27-13-20(30)28(14-27)16-7-4-6-15(2)11-16/h4-9,11H,3,10,12-14H2,1-2H3,(H,25,31). The van der Waals surface area contributed by atoms with Crippen molar-refractivity contribution in [3.63, 3.8) is 0 Å². The zero-order valence-electron chi connectivity index (χ0n) is 17.4. The SMILES string of the molecule is CCCN(CC(=O)N1CC(=O)N(c2cccc(C)c2)C1)C(=O)Nc1cccc(Cl)c1Cl. The number of hydrogen-bond acceptors (Lipinski definition) is 3. The van der Waals surface area contributed by atoms with E-state index >= 15 is 0 Å². The molecule has 0 unspecified atom stereocenters. The molecule has 1 heterocycles. The summed E-state index contributed by atoms with van der Waals surface area (Å²) in [6.07, 6.45) is 0.665. The number of aryl methyl sites for hydroxylation is 1. The zero-order chi connectivity index (χ0) is 22.5. The highest BCUT2D eigenvalue weighted by Gasteiger charge is 2.33. The first kappa shape index (κ1) is 22.9. The molecule has 1 saturated heterocycles. The average molecular weight is 463 g/mol. The quantitative estimate of drug-likeness (QED) is 0.691. The van der Waals surface area contributed by atoms with Gasteiger partial charge in [-0.3, -0.25) is 14.5 Å². The second-order valence-electron chi connectivity index (χ2n) is 7.35. The van der Waals surface area contributed by atoms with E-state index < -0.39 is 6.03 Å². The van der Waals surface area contributed by atoms with Gasteiger partial charge in [0, 0.05) is 12.2 Å². The monoisotopic (exact) mass is 462 g/mol. The summed E-state index contributed by atoms with van der Waals surface area (Å²) in [5.74, 6) is -0.458. The van der Waals surface area contributed by atoms with Gasteiger partial charge in [-0.15, -0.1) is 0 Å². The highest BCUT2D eigenvalue weighted by molar-refractivity contribution is 6.43. The molecule has 3 rings (SSSR count). The van der Waals surface area contributed by atoms with Crippen LogP contribution in [0.15, 0.2) is 42.5 Å². The second-order valence-corrected chi connectivity index (χ2v) is 8.13. The molecule has 0 bridgehead atoms. The topological polar surface area (TPSA) is 73.0 Å². The number of carbonyl (C=O) groups excluding carboxylic acids is 3. The summed E-state index contributed by atoms with van der Waals surface area (Å²) in [6.45, 7) is 4.22. The Hall–Kier alpha value is -2.77. The van der Waals surface area contributed by atoms with Crippen molar-refractivity contribution in [2.24, 2.45) is 0 Å². The van der Waals surface area contributed by atoms with Crippen molar-refractivity contribution in [3.8, 4) is 0 Å². The van der Waals surface area contributed by atoms with Gasteiger partial charge in [-0.2, -0.15) is 0 Å². The third kappa shape index (κ3) is 5.48. The molecule has 2 aromatic rings. The zero-order valence-corrected chi connectivity index (χ0v) is 18.9. The first-order chi connectivity index (χ1) is 14.8. The summed E-state index contributed by atoms with van der Waals surface area (Å²) < 4.78 is 0. The van der Waals surface area contributed by atoms with Gasteiger partial charge in [-0.25, -0.2) is 4.79 Å². The summed E-state index contributed by atoms with van der Waals surface area (Å²) in [6, 6.07) is 12.0. The van der Waals surface area contributed by atoms with Crippen molar-refractivity contribution in [1.29, 1.82) is 0 Å². The largest absolute Gasteiger partial charge is 0.322 e. The molecule has 0 aromatic heterocycles. The Morgan fingerprint density at radius 3 is 2.61 bits per heavy atom. The van der Waals surface area contributed by atoms with Crippen molar-refractivity contribution in [2.45, 2.75) is 20.3 Å². The summed E-state index contributed by atoms with van der Waals surface area (Å²) >= 11 is 12.1. The van der Waals surface area contributed by atoms with E-state index in [4.69, 9.17) is 23.2 Å². The van der Waals surface area contributed by atoms with Crippen molar-refractivity contribution < 1.29 is 14.4 Å². The smallest absolute Gasteiger partial charge is 0.315 e. The summed E-state index contributed by atoms with van der Waals surface area (Å²) in [5, 5.41) is 3.26. The fourth-order valence-corrected chi connectivity index (χ4v) is 3.66. The van der Waals surface area contributed by atoms with Crippen LogP contribution in [0, 0.1) is 6.92 Å². The Morgan fingerprint density at radius 1 is 1.16 bits per heavy atom. The maximum absolute atomic E-state index is 12.9. The number of carbonyl (C=O) groups is 3. The van der Waals surface area contributed by atoms with Gasteiger partial charge in [0.15, 0.2) is 0 Å². The molecular formula is C22H24Cl2N4O3. The molecule has 9 heteroatoms. The second kappa shape index (κ2) is 10.0. The van der Waals surface area contributed by atoms with Crippen LogP contribution in [0.4, 0.5) is 16.2 Å². The fourth-order valence-electron chi connectivity index (χ4n) is 3.32. The lowest BCUT2D eigenvalue weighted by Gasteiger charge is -2.25. The van der Waals surface area contributed by atoms with E-state index in [1.54, 1.807) is 23.1 Å². The molecule has 0 radical (unpaired) electrons. The molecular weight excluding hydrogens is 439 g/mol. The van der Waals surface area contributed by atoms with E-state index in [0.29, 0.717) is 23.7 Å². The number of amides is 4. The maximum atomic E-state index is 12.9. The van der Waals surface area contributed by atoms with Gasteiger partial charge < -0.3 is 15.1 Å². The van der Waals surface area contributed by atoms with Gasteiger partial charge in [0.05, 0.1) is 15.7 Å². The minimum Gasteiger partial charge on any atom is -0.315 e. The van der Waals surface area contributed by atoms with Gasteiger partial charge in [0.1, 0.15) is 19.8 Å². The van der Waals surface area contributed by atoms with Crippen LogP contribution < -0.4 is 10.2 Å². The fraction of sp³-hybridized carbons (Fsp3) is 0.318. The Kier molecular flexibility index (Phi) is 7.41. The van der Waals surface area contributed by atoms with E-state index in [-0.39, 0.29) is 36.6 Å². The predicted molar refractivity (Wildman–Crippen MR) is 123 cm³/mol. The molecule has 1 fully saturated rings. The first-order valence-electron chi connectivity index (χ1n) is 9.95. The number of nitrogens with zero attached hydrogens (tertiary/aromatic N) is 3. The molecule has 0 aliphatic carbocycles. The van der Waals surface area contributed by atoms with Crippen molar-refractivity contribution >= 4 is 52.4 Å². The van der Waals surface area contributed by atoms with Crippen LogP contribution in [0.25, 0.3) is 0 Å². The van der Waals surface area contributed by atoms with E-state index in [9.17, 15) is 14.4 Å². The number of anilines is 2. The Labute approximate surface area is 191 Å². The van der Waals surface area contributed by atoms with Crippen molar-refractivity contribution in [2.75, 3.05) is 36.5 Å². The lowest BCUT2D eigenvalue weighted by Crippen LogP contribution is -2.44. The number of hydrogen-bond donors (Lipinski definition) is 1. The van der Waals surface area contributed by atoms with Gasteiger partial charge in [0.2, 0.25) is 11.8 Å². The molecule has 4 amide bonds. The van der Waals surface area contributed by atoms with Crippen molar-refractivity contribution in [3.05, 3.63) is 58.1 Å². The van der Waals surface area contributed by atoms with E-state index in [1.165, 1.54) is 9.80 Å². The minimum atomic E-state index is -0.458. The van der Waals surface area contributed by atoms with Crippen LogP contribution >= 0.6 is 23.2 Å². The van der Waals surface area contributed by atoms with Crippen LogP contribution in [0.2, 0.25) is 10.0 Å². The molecule has 164 valence electrons. The number of rotatable bonds is 6. The van der Waals surface area contributed by atoms with Crippen molar-refractivity contribution in [1.82, 2.24) is 9.80 Å². The normalized spacial score (nSPS) is 13.5. The van der Waals surface area contributed by atoms with Gasteiger partial charge in [-0.1, -0.05) is 48.3 Å². The van der Waals surface area contributed by atoms with Gasteiger partial charge in [0.25, 0.3) is 0 Å². The molecule has 2 aromatic carbocycles. The maximum Gasteiger partial charge on any atom is 0.322 e. The number of urea groups is 1. The molecule has 0 spiro atoms. The molecule has 1 aliphatic rings. The Morgan fingerprint density at radius 2 is 1.90 bits per heavy atom. The van der Waals surface area contributed by atoms with Crippen LogP contribution in [-0.2, 0) is 9.59 Å². The lowest BCUT2D eigenvalue weighted by atomic mass is 10.2. The molecule has 0 atom stereocenters. The predicted octanol–water partition coefficient (Wildman–Crippen LogP) is 4.38. The van der Waals surface area contributed by atoms with Crippen LogP contribution in [-0.4, -0.2) is 53.9 Å². The van der Waals surface area contributed by atoms with Crippen LogP contribution in [0.3, 0.4) is 0 Å². The van der Waals surface area contributed by atoms with Crippen LogP contribution in [0.1, 0.15) is 18.9 Å². The average Bonchev–Trinajstić information content (AvgIpc) is 3.13. The number of halogens is 2. The summed E-state index contributed by atoms with van der Waals surface area (Å²) in [5.41, 5.74) is 2.15. The first-order valence-corrected chi connectivity index (χ1v) is 10.7. The third-order valence-electron chi connectivity index (χ3n) is 4.91. The molecule has 31 heavy (non-hydrogen) atoms.